The van der Waals surface area contributed by atoms with E-state index in [0.29, 0.717) is 37.2 Å². The highest BCUT2D eigenvalue weighted by atomic mass is 16.5. The van der Waals surface area contributed by atoms with Gasteiger partial charge in [0.25, 0.3) is 11.8 Å². The SMILES string of the molecule is Cc1cccc(NC(=O)COC(=O)C2CCN(C(=O)c3ccccc3C)CC2)c1. The molecule has 6 nitrogen and oxygen atoms in total. The van der Waals surface area contributed by atoms with Crippen LogP contribution in [0.25, 0.3) is 0 Å². The quantitative estimate of drug-likeness (QED) is 0.789. The zero-order chi connectivity index (χ0) is 20.8. The molecule has 0 aliphatic carbocycles. The first-order valence-electron chi connectivity index (χ1n) is 9.82. The molecular weight excluding hydrogens is 368 g/mol. The van der Waals surface area contributed by atoms with Crippen molar-refractivity contribution in [2.24, 2.45) is 5.92 Å². The predicted octanol–water partition coefficient (Wildman–Crippen LogP) is 3.34. The van der Waals surface area contributed by atoms with E-state index in [-0.39, 0.29) is 30.3 Å². The largest absolute Gasteiger partial charge is 0.455 e. The maximum Gasteiger partial charge on any atom is 0.309 e. The van der Waals surface area contributed by atoms with Crippen LogP contribution in [0.2, 0.25) is 0 Å². The summed E-state index contributed by atoms with van der Waals surface area (Å²) in [7, 11) is 0. The van der Waals surface area contributed by atoms with Crippen molar-refractivity contribution in [1.82, 2.24) is 4.90 Å². The second-order valence-corrected chi connectivity index (χ2v) is 7.41. The monoisotopic (exact) mass is 394 g/mol. The summed E-state index contributed by atoms with van der Waals surface area (Å²) in [5, 5.41) is 2.72. The lowest BCUT2D eigenvalue weighted by molar-refractivity contribution is -0.152. The van der Waals surface area contributed by atoms with Crippen molar-refractivity contribution in [2.45, 2.75) is 26.7 Å². The van der Waals surface area contributed by atoms with E-state index in [4.69, 9.17) is 4.74 Å². The molecule has 3 rings (SSSR count). The summed E-state index contributed by atoms with van der Waals surface area (Å²) in [6, 6.07) is 14.9. The molecule has 0 unspecified atom stereocenters. The Morgan fingerprint density at radius 2 is 1.76 bits per heavy atom. The first-order chi connectivity index (χ1) is 13.9. The van der Waals surface area contributed by atoms with Crippen LogP contribution in [-0.2, 0) is 14.3 Å². The number of likely N-dealkylation sites (tertiary alicyclic amines) is 1. The number of carbonyl (C=O) groups excluding carboxylic acids is 3. The van der Waals surface area contributed by atoms with Crippen LogP contribution >= 0.6 is 0 Å². The number of benzene rings is 2. The van der Waals surface area contributed by atoms with Gasteiger partial charge in [-0.1, -0.05) is 30.3 Å². The normalized spacial score (nSPS) is 14.3. The highest BCUT2D eigenvalue weighted by molar-refractivity contribution is 5.96. The van der Waals surface area contributed by atoms with Crippen LogP contribution < -0.4 is 5.32 Å². The number of aryl methyl sites for hydroxylation is 2. The van der Waals surface area contributed by atoms with E-state index >= 15 is 0 Å². The molecule has 1 fully saturated rings. The third-order valence-electron chi connectivity index (χ3n) is 5.14. The number of anilines is 1. The molecule has 1 heterocycles. The first kappa shape index (κ1) is 20.6. The third-order valence-corrected chi connectivity index (χ3v) is 5.14. The molecule has 0 atom stereocenters. The smallest absolute Gasteiger partial charge is 0.309 e. The molecular formula is C23H26N2O4. The Labute approximate surface area is 170 Å². The molecule has 6 heteroatoms. The number of carbonyl (C=O) groups is 3. The summed E-state index contributed by atoms with van der Waals surface area (Å²) in [5.41, 5.74) is 3.35. The van der Waals surface area contributed by atoms with Crippen LogP contribution in [0.1, 0.15) is 34.3 Å². The molecule has 152 valence electrons. The molecule has 0 saturated carbocycles. The Balaban J connectivity index is 1.44. The van der Waals surface area contributed by atoms with Crippen molar-refractivity contribution in [2.75, 3.05) is 25.0 Å². The van der Waals surface area contributed by atoms with E-state index < -0.39 is 0 Å². The number of amides is 2. The Morgan fingerprint density at radius 1 is 1.03 bits per heavy atom. The van der Waals surface area contributed by atoms with Gasteiger partial charge in [0.2, 0.25) is 0 Å². The number of hydrogen-bond acceptors (Lipinski definition) is 4. The van der Waals surface area contributed by atoms with E-state index in [0.717, 1.165) is 11.1 Å². The van der Waals surface area contributed by atoms with E-state index in [9.17, 15) is 14.4 Å². The van der Waals surface area contributed by atoms with E-state index in [1.807, 2.05) is 56.3 Å². The Morgan fingerprint density at radius 3 is 2.45 bits per heavy atom. The van der Waals surface area contributed by atoms with Crippen LogP contribution in [0, 0.1) is 19.8 Å². The Hall–Kier alpha value is -3.15. The fourth-order valence-electron chi connectivity index (χ4n) is 3.48. The number of nitrogens with zero attached hydrogens (tertiary/aromatic N) is 1. The van der Waals surface area contributed by atoms with Crippen LogP contribution in [0.15, 0.2) is 48.5 Å². The van der Waals surface area contributed by atoms with Gasteiger partial charge in [-0.15, -0.1) is 0 Å². The van der Waals surface area contributed by atoms with Crippen molar-refractivity contribution in [3.05, 3.63) is 65.2 Å². The zero-order valence-electron chi connectivity index (χ0n) is 16.8. The lowest BCUT2D eigenvalue weighted by Crippen LogP contribution is -2.41. The number of rotatable bonds is 5. The first-order valence-corrected chi connectivity index (χ1v) is 9.82. The van der Waals surface area contributed by atoms with Crippen molar-refractivity contribution < 1.29 is 19.1 Å². The van der Waals surface area contributed by atoms with Gasteiger partial charge in [0.15, 0.2) is 6.61 Å². The van der Waals surface area contributed by atoms with Gasteiger partial charge in [-0.25, -0.2) is 0 Å². The molecule has 0 spiro atoms. The summed E-state index contributed by atoms with van der Waals surface area (Å²) < 4.78 is 5.19. The van der Waals surface area contributed by atoms with Gasteiger partial charge in [0, 0.05) is 24.3 Å². The standard InChI is InChI=1S/C23H26N2O4/c1-16-6-5-8-19(14-16)24-21(26)15-29-23(28)18-10-12-25(13-11-18)22(27)20-9-4-3-7-17(20)2/h3-9,14,18H,10-13,15H2,1-2H3,(H,24,26). The molecule has 0 aromatic heterocycles. The van der Waals surface area contributed by atoms with E-state index in [1.54, 1.807) is 11.0 Å². The minimum Gasteiger partial charge on any atom is -0.455 e. The average Bonchev–Trinajstić information content (AvgIpc) is 2.72. The van der Waals surface area contributed by atoms with E-state index in [1.165, 1.54) is 0 Å². The summed E-state index contributed by atoms with van der Waals surface area (Å²) in [6.07, 6.45) is 1.08. The van der Waals surface area contributed by atoms with Gasteiger partial charge >= 0.3 is 5.97 Å². The van der Waals surface area contributed by atoms with Gasteiger partial charge in [-0.3, -0.25) is 14.4 Å². The van der Waals surface area contributed by atoms with Crippen LogP contribution in [0.3, 0.4) is 0 Å². The van der Waals surface area contributed by atoms with Gasteiger partial charge in [-0.2, -0.15) is 0 Å². The Bertz CT molecular complexity index is 901. The highest BCUT2D eigenvalue weighted by Gasteiger charge is 2.29. The van der Waals surface area contributed by atoms with Gasteiger partial charge in [0.1, 0.15) is 0 Å². The van der Waals surface area contributed by atoms with Crippen molar-refractivity contribution in [3.63, 3.8) is 0 Å². The fourth-order valence-corrected chi connectivity index (χ4v) is 3.48. The highest BCUT2D eigenvalue weighted by Crippen LogP contribution is 2.21. The number of nitrogens with one attached hydrogen (secondary N) is 1. The minimum absolute atomic E-state index is 0.00699. The average molecular weight is 394 g/mol. The number of ether oxygens (including phenoxy) is 1. The summed E-state index contributed by atoms with van der Waals surface area (Å²) in [4.78, 5) is 38.7. The molecule has 2 amide bonds. The second-order valence-electron chi connectivity index (χ2n) is 7.41. The van der Waals surface area contributed by atoms with Crippen LogP contribution in [0.4, 0.5) is 5.69 Å². The molecule has 29 heavy (non-hydrogen) atoms. The maximum atomic E-state index is 12.7. The molecule has 1 aliphatic rings. The van der Waals surface area contributed by atoms with Crippen LogP contribution in [-0.4, -0.2) is 42.4 Å². The Kier molecular flexibility index (Phi) is 6.65. The van der Waals surface area contributed by atoms with E-state index in [2.05, 4.69) is 5.32 Å². The zero-order valence-corrected chi connectivity index (χ0v) is 16.8. The summed E-state index contributed by atoms with van der Waals surface area (Å²) >= 11 is 0. The van der Waals surface area contributed by atoms with Crippen LogP contribution in [0.5, 0.6) is 0 Å². The molecule has 0 radical (unpaired) electrons. The molecule has 2 aromatic rings. The van der Waals surface area contributed by atoms with Crippen molar-refractivity contribution in [3.8, 4) is 0 Å². The van der Waals surface area contributed by atoms with Gasteiger partial charge < -0.3 is 15.0 Å². The third kappa shape index (κ3) is 5.44. The predicted molar refractivity (Wildman–Crippen MR) is 111 cm³/mol. The summed E-state index contributed by atoms with van der Waals surface area (Å²) in [5.74, 6) is -1.04. The number of piperidine rings is 1. The molecule has 1 aliphatic heterocycles. The van der Waals surface area contributed by atoms with Crippen molar-refractivity contribution >= 4 is 23.5 Å². The number of hydrogen-bond donors (Lipinski definition) is 1. The minimum atomic E-state index is -0.382. The molecule has 1 N–H and O–H groups in total. The lowest BCUT2D eigenvalue weighted by atomic mass is 9.96. The van der Waals surface area contributed by atoms with Crippen molar-refractivity contribution in [1.29, 1.82) is 0 Å². The fraction of sp³-hybridized carbons (Fsp3) is 0.348. The number of esters is 1. The van der Waals surface area contributed by atoms with Gasteiger partial charge in [0.05, 0.1) is 5.92 Å². The second kappa shape index (κ2) is 9.37. The topological polar surface area (TPSA) is 75.7 Å². The molecule has 1 saturated heterocycles. The lowest BCUT2D eigenvalue weighted by Gasteiger charge is -2.31. The van der Waals surface area contributed by atoms with Gasteiger partial charge in [-0.05, 0) is 56.0 Å². The molecule has 2 aromatic carbocycles. The summed E-state index contributed by atoms with van der Waals surface area (Å²) in [6.45, 7) is 4.55. The molecule has 0 bridgehead atoms. The maximum absolute atomic E-state index is 12.7.